The third-order valence-corrected chi connectivity index (χ3v) is 5.90. The highest BCUT2D eigenvalue weighted by Gasteiger charge is 2.29. The van der Waals surface area contributed by atoms with Crippen LogP contribution in [0.1, 0.15) is 32.7 Å². The maximum atomic E-state index is 13.0. The molecule has 1 aliphatic heterocycles. The summed E-state index contributed by atoms with van der Waals surface area (Å²) in [5, 5.41) is 1.25. The minimum atomic E-state index is 0.0531. The van der Waals surface area contributed by atoms with Gasteiger partial charge < -0.3 is 9.55 Å². The van der Waals surface area contributed by atoms with Gasteiger partial charge in [0.05, 0.1) is 5.69 Å². The van der Waals surface area contributed by atoms with Crippen molar-refractivity contribution in [3.8, 4) is 0 Å². The van der Waals surface area contributed by atoms with Crippen molar-refractivity contribution in [2.24, 2.45) is 0 Å². The van der Waals surface area contributed by atoms with Crippen LogP contribution in [0.4, 0.5) is 0 Å². The van der Waals surface area contributed by atoms with Crippen molar-refractivity contribution in [3.63, 3.8) is 0 Å². The zero-order chi connectivity index (χ0) is 16.8. The number of rotatable bonds is 3. The number of carbonyl (C=O) groups excluding carboxylic acids is 1. The lowest BCUT2D eigenvalue weighted by molar-refractivity contribution is 0.103. The molecule has 4 nitrogen and oxygen atoms in total. The third-order valence-electron chi connectivity index (χ3n) is 4.64. The molecule has 1 aromatic carbocycles. The highest BCUT2D eigenvalue weighted by atomic mass is 32.2. The Kier molecular flexibility index (Phi) is 3.28. The van der Waals surface area contributed by atoms with Crippen molar-refractivity contribution in [2.75, 3.05) is 0 Å². The molecule has 1 aliphatic rings. The molecule has 0 saturated carbocycles. The number of hydrogen-bond donors (Lipinski definition) is 1. The van der Waals surface area contributed by atoms with Crippen LogP contribution < -0.4 is 0 Å². The van der Waals surface area contributed by atoms with Crippen molar-refractivity contribution in [2.45, 2.75) is 11.1 Å². The summed E-state index contributed by atoms with van der Waals surface area (Å²) < 4.78 is 2.19. The molecule has 1 unspecified atom stereocenters. The van der Waals surface area contributed by atoms with Crippen LogP contribution in [0.15, 0.2) is 67.1 Å². The first-order valence-corrected chi connectivity index (χ1v) is 9.20. The van der Waals surface area contributed by atoms with Crippen LogP contribution in [0.5, 0.6) is 0 Å². The SMILES string of the molecule is O=C(c1cc2ccccc2[nH]1)c1ccn2c1CSC2c1cccnc1. The number of thioether (sulfide) groups is 1. The third kappa shape index (κ3) is 2.31. The van der Waals surface area contributed by atoms with Crippen LogP contribution in [0.3, 0.4) is 0 Å². The summed E-state index contributed by atoms with van der Waals surface area (Å²) in [6, 6.07) is 15.9. The van der Waals surface area contributed by atoms with Crippen LogP contribution in [0.2, 0.25) is 0 Å². The number of hydrogen-bond acceptors (Lipinski definition) is 3. The number of para-hydroxylation sites is 1. The second-order valence-electron chi connectivity index (χ2n) is 6.13. The predicted molar refractivity (Wildman–Crippen MR) is 99.8 cm³/mol. The van der Waals surface area contributed by atoms with Gasteiger partial charge in [0.25, 0.3) is 0 Å². The summed E-state index contributed by atoms with van der Waals surface area (Å²) in [5.41, 5.74) is 4.66. The van der Waals surface area contributed by atoms with E-state index >= 15 is 0 Å². The van der Waals surface area contributed by atoms with Crippen molar-refractivity contribution >= 4 is 28.4 Å². The number of ketones is 1. The summed E-state index contributed by atoms with van der Waals surface area (Å²) in [7, 11) is 0. The Bertz CT molecular complexity index is 1050. The molecule has 0 spiro atoms. The predicted octanol–water partition coefficient (Wildman–Crippen LogP) is 4.39. The number of benzene rings is 1. The fourth-order valence-electron chi connectivity index (χ4n) is 3.42. The van der Waals surface area contributed by atoms with Crippen LogP contribution in [0.25, 0.3) is 10.9 Å². The van der Waals surface area contributed by atoms with E-state index in [1.54, 1.807) is 6.20 Å². The van der Waals surface area contributed by atoms with Gasteiger partial charge in [-0.1, -0.05) is 24.3 Å². The Hall–Kier alpha value is -2.79. The summed E-state index contributed by atoms with van der Waals surface area (Å²) in [4.78, 5) is 20.5. The number of carbonyl (C=O) groups is 1. The molecule has 0 amide bonds. The smallest absolute Gasteiger partial charge is 0.211 e. The van der Waals surface area contributed by atoms with E-state index in [-0.39, 0.29) is 11.2 Å². The lowest BCUT2D eigenvalue weighted by Crippen LogP contribution is -2.05. The van der Waals surface area contributed by atoms with Gasteiger partial charge >= 0.3 is 0 Å². The van der Waals surface area contributed by atoms with E-state index < -0.39 is 0 Å². The molecule has 4 heterocycles. The fourth-order valence-corrected chi connectivity index (χ4v) is 4.73. The minimum Gasteiger partial charge on any atom is -0.352 e. The van der Waals surface area contributed by atoms with E-state index in [1.165, 1.54) is 0 Å². The Morgan fingerprint density at radius 1 is 1.20 bits per heavy atom. The number of fused-ring (bicyclic) bond motifs is 2. The second-order valence-corrected chi connectivity index (χ2v) is 7.20. The van der Waals surface area contributed by atoms with Gasteiger partial charge in [0, 0.05) is 52.1 Å². The first-order chi connectivity index (χ1) is 12.3. The monoisotopic (exact) mass is 345 g/mol. The van der Waals surface area contributed by atoms with E-state index in [0.29, 0.717) is 5.69 Å². The van der Waals surface area contributed by atoms with Gasteiger partial charge in [0.2, 0.25) is 5.78 Å². The molecule has 0 saturated heterocycles. The normalized spacial score (nSPS) is 16.2. The number of H-pyrrole nitrogens is 1. The molecule has 0 fully saturated rings. The molecule has 0 aliphatic carbocycles. The van der Waals surface area contributed by atoms with Gasteiger partial charge in [-0.25, -0.2) is 0 Å². The number of aromatic nitrogens is 3. The molecule has 3 aromatic heterocycles. The van der Waals surface area contributed by atoms with Gasteiger partial charge in [0.1, 0.15) is 5.37 Å². The zero-order valence-electron chi connectivity index (χ0n) is 13.3. The Balaban J connectivity index is 1.53. The number of aromatic amines is 1. The Morgan fingerprint density at radius 3 is 2.96 bits per heavy atom. The first kappa shape index (κ1) is 14.5. The number of pyridine rings is 1. The molecule has 5 rings (SSSR count). The molecule has 1 N–H and O–H groups in total. The molecule has 1 atom stereocenters. The zero-order valence-corrected chi connectivity index (χ0v) is 14.2. The van der Waals surface area contributed by atoms with Gasteiger partial charge in [-0.05, 0) is 24.3 Å². The van der Waals surface area contributed by atoms with Crippen molar-refractivity contribution in [1.82, 2.24) is 14.5 Å². The van der Waals surface area contributed by atoms with Gasteiger partial charge in [-0.3, -0.25) is 9.78 Å². The molecular formula is C20H15N3OS. The van der Waals surface area contributed by atoms with E-state index in [4.69, 9.17) is 0 Å². The number of nitrogens with zero attached hydrogens (tertiary/aromatic N) is 2. The fraction of sp³-hybridized carbons (Fsp3) is 0.100. The molecule has 0 bridgehead atoms. The Labute approximate surface area is 148 Å². The second kappa shape index (κ2) is 5.63. The van der Waals surface area contributed by atoms with E-state index in [1.807, 2.05) is 66.6 Å². The van der Waals surface area contributed by atoms with Gasteiger partial charge in [0.15, 0.2) is 0 Å². The molecule has 122 valence electrons. The standard InChI is InChI=1S/C20H15N3OS/c24-19(17-10-13-4-1-2-6-16(13)22-17)15-7-9-23-18(15)12-25-20(23)14-5-3-8-21-11-14/h1-11,20,22H,12H2. The molecule has 4 aromatic rings. The molecular weight excluding hydrogens is 330 g/mol. The van der Waals surface area contributed by atoms with Crippen molar-refractivity contribution in [3.05, 3.63) is 89.6 Å². The summed E-state index contributed by atoms with van der Waals surface area (Å²) in [6.45, 7) is 0. The lowest BCUT2D eigenvalue weighted by Gasteiger charge is -2.11. The highest BCUT2D eigenvalue weighted by Crippen LogP contribution is 2.42. The minimum absolute atomic E-state index is 0.0531. The lowest BCUT2D eigenvalue weighted by atomic mass is 10.1. The van der Waals surface area contributed by atoms with Crippen molar-refractivity contribution in [1.29, 1.82) is 0 Å². The van der Waals surface area contributed by atoms with Crippen LogP contribution in [-0.2, 0) is 5.75 Å². The largest absolute Gasteiger partial charge is 0.352 e. The molecule has 25 heavy (non-hydrogen) atoms. The molecule has 5 heteroatoms. The van der Waals surface area contributed by atoms with E-state index in [9.17, 15) is 4.79 Å². The maximum absolute atomic E-state index is 13.0. The summed E-state index contributed by atoms with van der Waals surface area (Å²) in [6.07, 6.45) is 5.69. The van der Waals surface area contributed by atoms with Crippen LogP contribution >= 0.6 is 11.8 Å². The van der Waals surface area contributed by atoms with Gasteiger partial charge in [-0.2, -0.15) is 0 Å². The Morgan fingerprint density at radius 2 is 2.12 bits per heavy atom. The van der Waals surface area contributed by atoms with Gasteiger partial charge in [-0.15, -0.1) is 11.8 Å². The average molecular weight is 345 g/mol. The highest BCUT2D eigenvalue weighted by molar-refractivity contribution is 7.99. The quantitative estimate of drug-likeness (QED) is 0.560. The number of nitrogens with one attached hydrogen (secondary N) is 1. The van der Waals surface area contributed by atoms with Crippen molar-refractivity contribution < 1.29 is 4.79 Å². The summed E-state index contributed by atoms with van der Waals surface area (Å²) >= 11 is 1.82. The topological polar surface area (TPSA) is 50.7 Å². The molecule has 0 radical (unpaired) electrons. The summed E-state index contributed by atoms with van der Waals surface area (Å²) in [5.74, 6) is 0.880. The maximum Gasteiger partial charge on any atom is 0.211 e. The van der Waals surface area contributed by atoms with Crippen LogP contribution in [-0.4, -0.2) is 20.3 Å². The van der Waals surface area contributed by atoms with E-state index in [0.717, 1.165) is 33.5 Å². The average Bonchev–Trinajstić information content (AvgIpc) is 3.36. The first-order valence-electron chi connectivity index (χ1n) is 8.15. The van der Waals surface area contributed by atoms with E-state index in [2.05, 4.69) is 20.6 Å². The van der Waals surface area contributed by atoms with Crippen LogP contribution in [0, 0.1) is 0 Å².